The molecule has 0 saturated carbocycles. The van der Waals surface area contributed by atoms with Gasteiger partial charge in [0, 0.05) is 24.8 Å². The summed E-state index contributed by atoms with van der Waals surface area (Å²) >= 11 is 5.80. The Hall–Kier alpha value is -2.05. The van der Waals surface area contributed by atoms with E-state index in [1.54, 1.807) is 18.3 Å². The summed E-state index contributed by atoms with van der Waals surface area (Å²) < 4.78 is 0. The summed E-state index contributed by atoms with van der Waals surface area (Å²) in [5, 5.41) is 8.80. The fourth-order valence-corrected chi connectivity index (χ4v) is 2.08. The highest BCUT2D eigenvalue weighted by Crippen LogP contribution is 2.25. The molecule has 0 amide bonds. The first-order chi connectivity index (χ1) is 9.15. The second-order valence-corrected chi connectivity index (χ2v) is 4.60. The van der Waals surface area contributed by atoms with Gasteiger partial charge in [-0.2, -0.15) is 5.26 Å². The van der Waals surface area contributed by atoms with Crippen LogP contribution in [0.25, 0.3) is 0 Å². The third-order valence-electron chi connectivity index (χ3n) is 2.96. The molecule has 0 aliphatic rings. The minimum absolute atomic E-state index is 0.467. The van der Waals surface area contributed by atoms with Crippen LogP contribution >= 0.6 is 11.6 Å². The van der Waals surface area contributed by atoms with E-state index in [1.807, 2.05) is 37.1 Å². The maximum absolute atomic E-state index is 8.80. The first-order valence-electron chi connectivity index (χ1n) is 5.91. The molecule has 0 bridgehead atoms. The number of aryl methyl sites for hydroxylation is 1. The maximum atomic E-state index is 8.80. The Bertz CT molecular complexity index is 614. The van der Waals surface area contributed by atoms with Crippen molar-refractivity contribution in [3.63, 3.8) is 0 Å². The largest absolute Gasteiger partial charge is 0.329 e. The van der Waals surface area contributed by atoms with Crippen molar-refractivity contribution in [1.82, 2.24) is 4.98 Å². The van der Waals surface area contributed by atoms with Gasteiger partial charge in [0.1, 0.15) is 5.82 Å². The van der Waals surface area contributed by atoms with Gasteiger partial charge in [-0.1, -0.05) is 0 Å². The summed E-state index contributed by atoms with van der Waals surface area (Å²) in [7, 11) is 1.96. The van der Waals surface area contributed by atoms with Gasteiger partial charge in [-0.25, -0.2) is 4.98 Å². The average Bonchev–Trinajstić information content (AvgIpc) is 2.46. The summed E-state index contributed by atoms with van der Waals surface area (Å²) in [6.07, 6.45) is 1.79. The smallest absolute Gasteiger partial charge is 0.135 e. The van der Waals surface area contributed by atoms with Crippen LogP contribution in [0.15, 0.2) is 36.5 Å². The van der Waals surface area contributed by atoms with E-state index in [0.29, 0.717) is 11.4 Å². The number of pyridine rings is 1. The zero-order chi connectivity index (χ0) is 13.8. The van der Waals surface area contributed by atoms with Gasteiger partial charge < -0.3 is 4.90 Å². The Kier molecular flexibility index (Phi) is 4.03. The Morgan fingerprint density at radius 3 is 2.53 bits per heavy atom. The molecule has 0 aliphatic carbocycles. The molecule has 0 saturated heterocycles. The number of hydrogen-bond donors (Lipinski definition) is 0. The molecule has 4 heteroatoms. The molecule has 0 radical (unpaired) electrons. The molecule has 0 aliphatic heterocycles. The Morgan fingerprint density at radius 2 is 2.00 bits per heavy atom. The molecule has 0 N–H and O–H groups in total. The standard InChI is InChI=1S/C15H14ClN3/c1-11-7-13(8-16)10-18-15(11)19(2)14-5-3-12(9-17)4-6-14/h3-7,10H,8H2,1-2H3. The van der Waals surface area contributed by atoms with Crippen LogP contribution in [0.3, 0.4) is 0 Å². The SMILES string of the molecule is Cc1cc(CCl)cnc1N(C)c1ccc(C#N)cc1. The minimum Gasteiger partial charge on any atom is -0.329 e. The number of halogens is 1. The lowest BCUT2D eigenvalue weighted by atomic mass is 10.2. The zero-order valence-electron chi connectivity index (χ0n) is 10.9. The van der Waals surface area contributed by atoms with E-state index in [0.717, 1.165) is 22.6 Å². The van der Waals surface area contributed by atoms with Gasteiger partial charge in [0.05, 0.1) is 11.6 Å². The molecule has 1 aromatic heterocycles. The number of anilines is 2. The lowest BCUT2D eigenvalue weighted by Gasteiger charge is -2.20. The average molecular weight is 272 g/mol. The van der Waals surface area contributed by atoms with E-state index in [4.69, 9.17) is 16.9 Å². The fraction of sp³-hybridized carbons (Fsp3) is 0.200. The summed E-state index contributed by atoms with van der Waals surface area (Å²) in [4.78, 5) is 6.44. The maximum Gasteiger partial charge on any atom is 0.135 e. The molecule has 0 fully saturated rings. The highest BCUT2D eigenvalue weighted by Gasteiger charge is 2.09. The minimum atomic E-state index is 0.467. The van der Waals surface area contributed by atoms with Crippen LogP contribution in [0.4, 0.5) is 11.5 Å². The number of alkyl halides is 1. The van der Waals surface area contributed by atoms with Crippen molar-refractivity contribution >= 4 is 23.1 Å². The molecule has 2 rings (SSSR count). The third-order valence-corrected chi connectivity index (χ3v) is 3.27. The van der Waals surface area contributed by atoms with E-state index < -0.39 is 0 Å². The fourth-order valence-electron chi connectivity index (χ4n) is 1.93. The molecule has 19 heavy (non-hydrogen) atoms. The van der Waals surface area contributed by atoms with Crippen molar-refractivity contribution in [1.29, 1.82) is 5.26 Å². The van der Waals surface area contributed by atoms with E-state index in [9.17, 15) is 0 Å². The van der Waals surface area contributed by atoms with E-state index in [-0.39, 0.29) is 0 Å². The van der Waals surface area contributed by atoms with Gasteiger partial charge in [0.15, 0.2) is 0 Å². The molecular formula is C15H14ClN3. The van der Waals surface area contributed by atoms with Crippen LogP contribution in [0, 0.1) is 18.3 Å². The van der Waals surface area contributed by atoms with Gasteiger partial charge in [0.2, 0.25) is 0 Å². The Morgan fingerprint density at radius 1 is 1.32 bits per heavy atom. The van der Waals surface area contributed by atoms with Crippen molar-refractivity contribution in [2.24, 2.45) is 0 Å². The van der Waals surface area contributed by atoms with E-state index >= 15 is 0 Å². The number of benzene rings is 1. The van der Waals surface area contributed by atoms with Crippen LogP contribution in [-0.4, -0.2) is 12.0 Å². The molecule has 0 unspecified atom stereocenters. The Balaban J connectivity index is 2.32. The van der Waals surface area contributed by atoms with Crippen molar-refractivity contribution < 1.29 is 0 Å². The van der Waals surface area contributed by atoms with Gasteiger partial charge in [-0.15, -0.1) is 11.6 Å². The summed E-state index contributed by atoms with van der Waals surface area (Å²) in [5.74, 6) is 1.35. The van der Waals surface area contributed by atoms with Gasteiger partial charge >= 0.3 is 0 Å². The third kappa shape index (κ3) is 2.86. The first-order valence-corrected chi connectivity index (χ1v) is 6.44. The van der Waals surface area contributed by atoms with Crippen LogP contribution in [0.1, 0.15) is 16.7 Å². The molecule has 1 heterocycles. The summed E-state index contributed by atoms with van der Waals surface area (Å²) in [5.41, 5.74) is 3.73. The predicted octanol–water partition coefficient (Wildman–Crippen LogP) is 3.77. The first kappa shape index (κ1) is 13.4. The molecule has 1 aromatic carbocycles. The summed E-state index contributed by atoms with van der Waals surface area (Å²) in [6.45, 7) is 2.01. The molecule has 0 atom stereocenters. The normalized spacial score (nSPS) is 10.0. The molecule has 2 aromatic rings. The van der Waals surface area contributed by atoms with Crippen LogP contribution in [0.5, 0.6) is 0 Å². The van der Waals surface area contributed by atoms with Crippen LogP contribution in [0.2, 0.25) is 0 Å². The summed E-state index contributed by atoms with van der Waals surface area (Å²) in [6, 6.07) is 11.6. The van der Waals surface area contributed by atoms with Crippen LogP contribution in [-0.2, 0) is 5.88 Å². The van der Waals surface area contributed by atoms with Crippen molar-refractivity contribution in [3.8, 4) is 6.07 Å². The van der Waals surface area contributed by atoms with Gasteiger partial charge in [-0.05, 0) is 48.4 Å². The molecule has 96 valence electrons. The van der Waals surface area contributed by atoms with Crippen molar-refractivity contribution in [2.45, 2.75) is 12.8 Å². The lowest BCUT2D eigenvalue weighted by Crippen LogP contribution is -2.12. The predicted molar refractivity (Wildman–Crippen MR) is 77.8 cm³/mol. The number of rotatable bonds is 3. The highest BCUT2D eigenvalue weighted by atomic mass is 35.5. The van der Waals surface area contributed by atoms with Gasteiger partial charge in [-0.3, -0.25) is 0 Å². The quantitative estimate of drug-likeness (QED) is 0.798. The Labute approximate surface area is 118 Å². The lowest BCUT2D eigenvalue weighted by molar-refractivity contribution is 1.09. The number of aromatic nitrogens is 1. The second-order valence-electron chi connectivity index (χ2n) is 4.34. The van der Waals surface area contributed by atoms with Crippen molar-refractivity contribution in [3.05, 3.63) is 53.2 Å². The molecular weight excluding hydrogens is 258 g/mol. The van der Waals surface area contributed by atoms with Gasteiger partial charge in [0.25, 0.3) is 0 Å². The topological polar surface area (TPSA) is 39.9 Å². The molecule has 3 nitrogen and oxygen atoms in total. The van der Waals surface area contributed by atoms with E-state index in [2.05, 4.69) is 11.1 Å². The highest BCUT2D eigenvalue weighted by molar-refractivity contribution is 6.17. The second kappa shape index (κ2) is 5.73. The monoisotopic (exact) mass is 271 g/mol. The number of nitriles is 1. The van der Waals surface area contributed by atoms with E-state index in [1.165, 1.54) is 0 Å². The van der Waals surface area contributed by atoms with Crippen LogP contribution < -0.4 is 4.90 Å². The van der Waals surface area contributed by atoms with Crippen molar-refractivity contribution in [2.75, 3.05) is 11.9 Å². The number of hydrogen-bond acceptors (Lipinski definition) is 3. The molecule has 0 spiro atoms. The zero-order valence-corrected chi connectivity index (χ0v) is 11.6. The number of nitrogens with zero attached hydrogens (tertiary/aromatic N) is 3.